The first kappa shape index (κ1) is 24.4. The van der Waals surface area contributed by atoms with Gasteiger partial charge in [-0.25, -0.2) is 4.98 Å². The number of H-pyrrole nitrogens is 1. The van der Waals surface area contributed by atoms with E-state index in [2.05, 4.69) is 10.3 Å². The average molecular weight is 511 g/mol. The molecule has 3 aromatic carbocycles. The summed E-state index contributed by atoms with van der Waals surface area (Å²) in [7, 11) is 1.59. The molecule has 2 N–H and O–H groups in total. The molecule has 0 radical (unpaired) electrons. The van der Waals surface area contributed by atoms with E-state index >= 15 is 0 Å². The molecular weight excluding hydrogens is 484 g/mol. The zero-order valence-corrected chi connectivity index (χ0v) is 21.6. The van der Waals surface area contributed by atoms with Crippen LogP contribution in [0, 0.1) is 13.8 Å². The first-order valence-corrected chi connectivity index (χ1v) is 12.8. The van der Waals surface area contributed by atoms with E-state index in [9.17, 15) is 9.59 Å². The second kappa shape index (κ2) is 10.4. The maximum atomic E-state index is 13.7. The van der Waals surface area contributed by atoms with Crippen molar-refractivity contribution in [2.45, 2.75) is 19.0 Å². The molecule has 2 heterocycles. The van der Waals surface area contributed by atoms with E-state index in [1.54, 1.807) is 37.6 Å². The highest BCUT2D eigenvalue weighted by molar-refractivity contribution is 7.99. The molecule has 0 aliphatic carbocycles. The maximum absolute atomic E-state index is 13.7. The predicted octanol–water partition coefficient (Wildman–Crippen LogP) is 5.74. The van der Waals surface area contributed by atoms with Crippen molar-refractivity contribution in [3.63, 3.8) is 0 Å². The van der Waals surface area contributed by atoms with Crippen molar-refractivity contribution in [3.05, 3.63) is 100 Å². The zero-order chi connectivity index (χ0) is 25.9. The third-order valence-corrected chi connectivity index (χ3v) is 7.02. The number of methoxy groups -OCH3 is 1. The molecule has 0 unspecified atom stereocenters. The van der Waals surface area contributed by atoms with Crippen LogP contribution in [0.4, 0.5) is 5.69 Å². The molecule has 0 fully saturated rings. The summed E-state index contributed by atoms with van der Waals surface area (Å²) in [6.45, 7) is 3.94. The van der Waals surface area contributed by atoms with E-state index in [0.717, 1.165) is 27.9 Å². The molecular formula is C29H26N4O3S. The molecule has 0 saturated carbocycles. The Morgan fingerprint density at radius 1 is 1.05 bits per heavy atom. The number of benzene rings is 3. The van der Waals surface area contributed by atoms with Crippen LogP contribution in [-0.4, -0.2) is 33.3 Å². The zero-order valence-electron chi connectivity index (χ0n) is 20.7. The van der Waals surface area contributed by atoms with Crippen molar-refractivity contribution in [1.82, 2.24) is 14.5 Å². The number of nitrogens with zero attached hydrogens (tertiary/aromatic N) is 2. The number of fused-ring (bicyclic) bond motifs is 1. The Balaban J connectivity index is 1.55. The lowest BCUT2D eigenvalue weighted by Gasteiger charge is -2.14. The van der Waals surface area contributed by atoms with Crippen LogP contribution in [0.25, 0.3) is 27.8 Å². The number of amides is 1. The van der Waals surface area contributed by atoms with Crippen LogP contribution in [0.1, 0.15) is 11.1 Å². The lowest BCUT2D eigenvalue weighted by atomic mass is 10.1. The summed E-state index contributed by atoms with van der Waals surface area (Å²) in [6, 6.07) is 22.9. The van der Waals surface area contributed by atoms with Gasteiger partial charge in [0.1, 0.15) is 16.8 Å². The van der Waals surface area contributed by atoms with Gasteiger partial charge in [0.15, 0.2) is 5.16 Å². The lowest BCUT2D eigenvalue weighted by Crippen LogP contribution is -2.23. The summed E-state index contributed by atoms with van der Waals surface area (Å²) < 4.78 is 6.80. The van der Waals surface area contributed by atoms with E-state index in [1.807, 2.05) is 62.4 Å². The standard InChI is InChI=1S/C29H26N4O3S/c1-18-9-10-19(2)24(15-18)31-25(34)17-37-29-32-26-23(20-7-5-4-6-8-20)16-30-27(26)28(35)33(29)21-11-13-22(36-3)14-12-21/h4-16,30H,17H2,1-3H3,(H,31,34). The van der Waals surface area contributed by atoms with Gasteiger partial charge in [-0.15, -0.1) is 0 Å². The molecule has 0 atom stereocenters. The number of nitrogens with one attached hydrogen (secondary N) is 2. The molecule has 0 aliphatic rings. The van der Waals surface area contributed by atoms with Gasteiger partial charge in [0.05, 0.1) is 18.6 Å². The highest BCUT2D eigenvalue weighted by Crippen LogP contribution is 2.29. The Labute approximate surface area is 218 Å². The number of carbonyl (C=O) groups excluding carboxylic acids is 1. The minimum Gasteiger partial charge on any atom is -0.497 e. The van der Waals surface area contributed by atoms with Crippen LogP contribution in [0.15, 0.2) is 88.9 Å². The van der Waals surface area contributed by atoms with E-state index in [-0.39, 0.29) is 17.2 Å². The fourth-order valence-corrected chi connectivity index (χ4v) is 4.93. The Hall–Kier alpha value is -4.30. The van der Waals surface area contributed by atoms with E-state index in [0.29, 0.717) is 27.6 Å². The van der Waals surface area contributed by atoms with E-state index < -0.39 is 0 Å². The number of rotatable bonds is 7. The third kappa shape index (κ3) is 5.01. The van der Waals surface area contributed by atoms with Gasteiger partial charge in [0.25, 0.3) is 5.56 Å². The van der Waals surface area contributed by atoms with Crippen molar-refractivity contribution >= 4 is 34.4 Å². The maximum Gasteiger partial charge on any atom is 0.283 e. The first-order valence-electron chi connectivity index (χ1n) is 11.8. The van der Waals surface area contributed by atoms with E-state index in [4.69, 9.17) is 9.72 Å². The molecule has 5 rings (SSSR count). The topological polar surface area (TPSA) is 89.0 Å². The molecule has 8 heteroatoms. The summed E-state index contributed by atoms with van der Waals surface area (Å²) in [5, 5.41) is 3.41. The molecule has 0 aliphatic heterocycles. The fraction of sp³-hybridized carbons (Fsp3) is 0.138. The molecule has 1 amide bonds. The molecule has 186 valence electrons. The summed E-state index contributed by atoms with van der Waals surface area (Å²) in [5.41, 5.74) is 5.97. The van der Waals surface area contributed by atoms with Gasteiger partial charge < -0.3 is 15.0 Å². The van der Waals surface area contributed by atoms with Crippen LogP contribution < -0.4 is 15.6 Å². The first-order chi connectivity index (χ1) is 17.9. The van der Waals surface area contributed by atoms with Crippen molar-refractivity contribution in [3.8, 4) is 22.6 Å². The van der Waals surface area contributed by atoms with Gasteiger partial charge in [-0.1, -0.05) is 54.2 Å². The highest BCUT2D eigenvalue weighted by Gasteiger charge is 2.19. The van der Waals surface area contributed by atoms with Gasteiger partial charge in [-0.3, -0.25) is 14.2 Å². The molecule has 37 heavy (non-hydrogen) atoms. The minimum absolute atomic E-state index is 0.0899. The lowest BCUT2D eigenvalue weighted by molar-refractivity contribution is -0.113. The van der Waals surface area contributed by atoms with Crippen molar-refractivity contribution < 1.29 is 9.53 Å². The monoisotopic (exact) mass is 510 g/mol. The number of aromatic amines is 1. The van der Waals surface area contributed by atoms with Crippen LogP contribution >= 0.6 is 11.8 Å². The average Bonchev–Trinajstić information content (AvgIpc) is 3.34. The molecule has 0 saturated heterocycles. The number of carbonyl (C=O) groups is 1. The predicted molar refractivity (Wildman–Crippen MR) is 149 cm³/mol. The number of aromatic nitrogens is 3. The Morgan fingerprint density at radius 2 is 1.81 bits per heavy atom. The number of hydrogen-bond donors (Lipinski definition) is 2. The highest BCUT2D eigenvalue weighted by atomic mass is 32.2. The number of aryl methyl sites for hydroxylation is 2. The second-order valence-corrected chi connectivity index (χ2v) is 9.62. The van der Waals surface area contributed by atoms with E-state index in [1.165, 1.54) is 16.3 Å². The van der Waals surface area contributed by atoms with Gasteiger partial charge in [-0.2, -0.15) is 0 Å². The van der Waals surface area contributed by atoms with Gasteiger partial charge in [0, 0.05) is 17.4 Å². The van der Waals surface area contributed by atoms with Crippen LogP contribution in [-0.2, 0) is 4.79 Å². The van der Waals surface area contributed by atoms with Crippen LogP contribution in [0.2, 0.25) is 0 Å². The number of thioether (sulfide) groups is 1. The molecule has 0 spiro atoms. The fourth-order valence-electron chi connectivity index (χ4n) is 4.12. The third-order valence-electron chi connectivity index (χ3n) is 6.08. The van der Waals surface area contributed by atoms with Crippen molar-refractivity contribution in [2.75, 3.05) is 18.2 Å². The SMILES string of the molecule is COc1ccc(-n2c(SCC(=O)Nc3cc(C)ccc3C)nc3c(-c4ccccc4)c[nH]c3c2=O)cc1. The van der Waals surface area contributed by atoms with Gasteiger partial charge >= 0.3 is 0 Å². The summed E-state index contributed by atoms with van der Waals surface area (Å²) >= 11 is 1.22. The number of ether oxygens (including phenoxy) is 1. The normalized spacial score (nSPS) is 11.0. The van der Waals surface area contributed by atoms with Gasteiger partial charge in [-0.05, 0) is 60.9 Å². The number of hydrogen-bond acceptors (Lipinski definition) is 5. The summed E-state index contributed by atoms with van der Waals surface area (Å²) in [4.78, 5) is 34.6. The summed E-state index contributed by atoms with van der Waals surface area (Å²) in [5.74, 6) is 0.595. The van der Waals surface area contributed by atoms with Crippen LogP contribution in [0.3, 0.4) is 0 Å². The Kier molecular flexibility index (Phi) is 6.83. The van der Waals surface area contributed by atoms with Crippen molar-refractivity contribution in [2.24, 2.45) is 0 Å². The minimum atomic E-state index is -0.241. The molecule has 5 aromatic rings. The molecule has 0 bridgehead atoms. The Bertz CT molecular complexity index is 1640. The quantitative estimate of drug-likeness (QED) is 0.215. The number of anilines is 1. The molecule has 7 nitrogen and oxygen atoms in total. The van der Waals surface area contributed by atoms with Crippen LogP contribution in [0.5, 0.6) is 5.75 Å². The Morgan fingerprint density at radius 3 is 2.54 bits per heavy atom. The van der Waals surface area contributed by atoms with Gasteiger partial charge in [0.2, 0.25) is 5.91 Å². The smallest absolute Gasteiger partial charge is 0.283 e. The largest absolute Gasteiger partial charge is 0.497 e. The molecule has 2 aromatic heterocycles. The second-order valence-electron chi connectivity index (χ2n) is 8.68. The summed E-state index contributed by atoms with van der Waals surface area (Å²) in [6.07, 6.45) is 1.80. The van der Waals surface area contributed by atoms with Crippen molar-refractivity contribution in [1.29, 1.82) is 0 Å².